The van der Waals surface area contributed by atoms with Crippen molar-refractivity contribution in [2.75, 3.05) is 21.3 Å². The monoisotopic (exact) mass is 256 g/mol. The van der Waals surface area contributed by atoms with Crippen LogP contribution in [0, 0.1) is 0 Å². The molecule has 0 saturated carbocycles. The second-order valence-corrected chi connectivity index (χ2v) is 3.93. The highest BCUT2D eigenvalue weighted by atomic mass is 16.7. The Bertz CT molecular complexity index is 398. The number of benzene rings is 1. The Balaban J connectivity index is 3.33. The molecule has 0 aliphatic carbocycles. The molecule has 0 amide bonds. The number of ether oxygens (including phenoxy) is 2. The smallest absolute Gasteiger partial charge is 0.182 e. The summed E-state index contributed by atoms with van der Waals surface area (Å²) in [6.07, 6.45) is 0. The van der Waals surface area contributed by atoms with Gasteiger partial charge < -0.3 is 25.2 Å². The number of nitrogens with two attached hydrogens (primary N) is 1. The zero-order valence-electron chi connectivity index (χ0n) is 11.1. The van der Waals surface area contributed by atoms with E-state index in [0.717, 1.165) is 0 Å². The number of methoxy groups -OCH3 is 2. The molecule has 2 unspecified atom stereocenters. The average Bonchev–Trinajstić information content (AvgIpc) is 2.37. The van der Waals surface area contributed by atoms with Crippen molar-refractivity contribution in [3.8, 4) is 11.5 Å². The summed E-state index contributed by atoms with van der Waals surface area (Å²) in [5.41, 5.74) is 7.18. The molecule has 0 heterocycles. The quantitative estimate of drug-likeness (QED) is 0.503. The van der Waals surface area contributed by atoms with E-state index in [9.17, 15) is 5.11 Å². The fraction of sp³-hybridized carbons (Fsp3) is 0.500. The van der Waals surface area contributed by atoms with Crippen LogP contribution in [0.2, 0.25) is 0 Å². The first-order chi connectivity index (χ1) is 8.49. The second kappa shape index (κ2) is 6.01. The number of aliphatic hydroxyl groups is 1. The zero-order valence-corrected chi connectivity index (χ0v) is 11.1. The third kappa shape index (κ3) is 2.73. The van der Waals surface area contributed by atoms with Crippen LogP contribution in [0.25, 0.3) is 0 Å². The minimum atomic E-state index is -1.57. The Morgan fingerprint density at radius 3 is 2.39 bits per heavy atom. The van der Waals surface area contributed by atoms with Gasteiger partial charge in [0.25, 0.3) is 0 Å². The molecule has 18 heavy (non-hydrogen) atoms. The van der Waals surface area contributed by atoms with Crippen molar-refractivity contribution in [3.05, 3.63) is 23.8 Å². The number of hydrogen-bond donors (Lipinski definition) is 3. The molecule has 0 spiro atoms. The first-order valence-corrected chi connectivity index (χ1v) is 5.50. The fourth-order valence-electron chi connectivity index (χ4n) is 1.66. The van der Waals surface area contributed by atoms with Crippen molar-refractivity contribution in [1.29, 1.82) is 0 Å². The van der Waals surface area contributed by atoms with Gasteiger partial charge in [-0.1, -0.05) is 0 Å². The molecular formula is C12H20N2O4. The summed E-state index contributed by atoms with van der Waals surface area (Å²) in [7, 11) is 4.46. The maximum absolute atomic E-state index is 10.6. The van der Waals surface area contributed by atoms with Gasteiger partial charge in [0.2, 0.25) is 0 Å². The van der Waals surface area contributed by atoms with Crippen molar-refractivity contribution in [1.82, 2.24) is 5.48 Å². The van der Waals surface area contributed by atoms with Gasteiger partial charge in [-0.15, -0.1) is 0 Å². The topological polar surface area (TPSA) is 86.0 Å². The fourth-order valence-corrected chi connectivity index (χ4v) is 1.66. The molecule has 0 aromatic heterocycles. The maximum Gasteiger partial charge on any atom is 0.182 e. The van der Waals surface area contributed by atoms with Crippen LogP contribution < -0.4 is 20.7 Å². The molecule has 2 atom stereocenters. The van der Waals surface area contributed by atoms with Crippen molar-refractivity contribution in [2.45, 2.75) is 18.7 Å². The van der Waals surface area contributed by atoms with Crippen LogP contribution in [0.15, 0.2) is 18.2 Å². The van der Waals surface area contributed by atoms with Gasteiger partial charge in [-0.2, -0.15) is 5.48 Å². The summed E-state index contributed by atoms with van der Waals surface area (Å²) in [5, 5.41) is 10.6. The Morgan fingerprint density at radius 1 is 1.28 bits per heavy atom. The molecule has 0 saturated heterocycles. The highest BCUT2D eigenvalue weighted by Crippen LogP contribution is 2.33. The standard InChI is InChI=1S/C12H20N2O4/c1-8(13)12(15,14-18-4)10-7-9(16-2)5-6-11(10)17-3/h5-8,14-15H,13H2,1-4H3. The first kappa shape index (κ1) is 14.7. The van der Waals surface area contributed by atoms with Gasteiger partial charge in [0.15, 0.2) is 5.72 Å². The molecule has 0 bridgehead atoms. The first-order valence-electron chi connectivity index (χ1n) is 5.50. The lowest BCUT2D eigenvalue weighted by Gasteiger charge is -2.33. The highest BCUT2D eigenvalue weighted by Gasteiger charge is 2.37. The lowest BCUT2D eigenvalue weighted by molar-refractivity contribution is -0.131. The Hall–Kier alpha value is -1.34. The second-order valence-electron chi connectivity index (χ2n) is 3.93. The van der Waals surface area contributed by atoms with Crippen LogP contribution in [-0.4, -0.2) is 32.5 Å². The molecule has 0 radical (unpaired) electrons. The van der Waals surface area contributed by atoms with Crippen LogP contribution >= 0.6 is 0 Å². The van der Waals surface area contributed by atoms with Crippen LogP contribution in [0.4, 0.5) is 0 Å². The average molecular weight is 256 g/mol. The summed E-state index contributed by atoms with van der Waals surface area (Å²) in [6.45, 7) is 1.66. The van der Waals surface area contributed by atoms with E-state index in [1.54, 1.807) is 32.2 Å². The third-order valence-corrected chi connectivity index (χ3v) is 2.73. The predicted octanol–water partition coefficient (Wildman–Crippen LogP) is 0.347. The van der Waals surface area contributed by atoms with Gasteiger partial charge in [-0.25, -0.2) is 0 Å². The van der Waals surface area contributed by atoms with E-state index in [-0.39, 0.29) is 0 Å². The van der Waals surface area contributed by atoms with Crippen LogP contribution in [-0.2, 0) is 10.6 Å². The summed E-state index contributed by atoms with van der Waals surface area (Å²) >= 11 is 0. The van der Waals surface area contributed by atoms with E-state index >= 15 is 0 Å². The van der Waals surface area contributed by atoms with Crippen LogP contribution in [0.5, 0.6) is 11.5 Å². The van der Waals surface area contributed by atoms with Crippen molar-refractivity contribution in [2.24, 2.45) is 5.73 Å². The van der Waals surface area contributed by atoms with Gasteiger partial charge in [-0.3, -0.25) is 0 Å². The summed E-state index contributed by atoms with van der Waals surface area (Å²) < 4.78 is 10.4. The number of hydrogen-bond acceptors (Lipinski definition) is 6. The lowest BCUT2D eigenvalue weighted by Crippen LogP contribution is -2.54. The van der Waals surface area contributed by atoms with Gasteiger partial charge in [-0.05, 0) is 25.1 Å². The minimum absolute atomic E-state index is 0.446. The van der Waals surface area contributed by atoms with Crippen molar-refractivity contribution in [3.63, 3.8) is 0 Å². The largest absolute Gasteiger partial charge is 0.497 e. The van der Waals surface area contributed by atoms with Crippen molar-refractivity contribution < 1.29 is 19.4 Å². The van der Waals surface area contributed by atoms with Crippen LogP contribution in [0.1, 0.15) is 12.5 Å². The summed E-state index contributed by atoms with van der Waals surface area (Å²) in [5.74, 6) is 1.07. The van der Waals surface area contributed by atoms with E-state index in [4.69, 9.17) is 20.0 Å². The number of hydroxylamine groups is 1. The van der Waals surface area contributed by atoms with Crippen LogP contribution in [0.3, 0.4) is 0 Å². The molecule has 102 valence electrons. The van der Waals surface area contributed by atoms with E-state index in [2.05, 4.69) is 5.48 Å². The molecular weight excluding hydrogens is 236 g/mol. The predicted molar refractivity (Wildman–Crippen MR) is 67.2 cm³/mol. The summed E-state index contributed by atoms with van der Waals surface area (Å²) in [6, 6.07) is 4.45. The Kier molecular flexibility index (Phi) is 4.92. The third-order valence-electron chi connectivity index (χ3n) is 2.73. The van der Waals surface area contributed by atoms with E-state index < -0.39 is 11.8 Å². The van der Waals surface area contributed by atoms with E-state index in [1.165, 1.54) is 14.2 Å². The van der Waals surface area contributed by atoms with Gasteiger partial charge in [0.1, 0.15) is 11.5 Å². The molecule has 4 N–H and O–H groups in total. The molecule has 0 aliphatic heterocycles. The summed E-state index contributed by atoms with van der Waals surface area (Å²) in [4.78, 5) is 4.82. The molecule has 0 aliphatic rings. The molecule has 0 fully saturated rings. The normalized spacial score (nSPS) is 15.9. The Labute approximate surface area is 107 Å². The van der Waals surface area contributed by atoms with Crippen molar-refractivity contribution >= 4 is 0 Å². The maximum atomic E-state index is 10.6. The number of rotatable bonds is 6. The Morgan fingerprint density at radius 2 is 1.94 bits per heavy atom. The van der Waals surface area contributed by atoms with Gasteiger partial charge in [0, 0.05) is 5.56 Å². The molecule has 1 rings (SSSR count). The lowest BCUT2D eigenvalue weighted by atomic mass is 9.96. The zero-order chi connectivity index (χ0) is 13.8. The SMILES string of the molecule is CONC(O)(c1cc(OC)ccc1OC)C(C)N. The van der Waals surface area contributed by atoms with Gasteiger partial charge >= 0.3 is 0 Å². The molecule has 6 heteroatoms. The molecule has 6 nitrogen and oxygen atoms in total. The minimum Gasteiger partial charge on any atom is -0.497 e. The van der Waals surface area contributed by atoms with E-state index in [0.29, 0.717) is 17.1 Å². The highest BCUT2D eigenvalue weighted by molar-refractivity contribution is 5.44. The van der Waals surface area contributed by atoms with Gasteiger partial charge in [0.05, 0.1) is 27.4 Å². The molecule has 1 aromatic carbocycles. The number of nitrogens with one attached hydrogen (secondary N) is 1. The van der Waals surface area contributed by atoms with E-state index in [1.807, 2.05) is 0 Å². The molecule has 1 aromatic rings.